The van der Waals surface area contributed by atoms with Gasteiger partial charge in [-0.1, -0.05) is 6.07 Å². The molecule has 0 saturated carbocycles. The van der Waals surface area contributed by atoms with Gasteiger partial charge in [0.15, 0.2) is 0 Å². The Hall–Kier alpha value is -1.71. The monoisotopic (exact) mass is 206 g/mol. The average molecular weight is 206 g/mol. The third-order valence-electron chi connectivity index (χ3n) is 2.67. The molecule has 1 unspecified atom stereocenters. The molecule has 3 N–H and O–H groups in total. The second-order valence-electron chi connectivity index (χ2n) is 3.71. The molecule has 1 atom stereocenters. The van der Waals surface area contributed by atoms with Crippen LogP contribution in [0.25, 0.3) is 0 Å². The lowest BCUT2D eigenvalue weighted by Gasteiger charge is -2.13. The second-order valence-corrected chi connectivity index (χ2v) is 3.71. The summed E-state index contributed by atoms with van der Waals surface area (Å²) >= 11 is 0. The summed E-state index contributed by atoms with van der Waals surface area (Å²) < 4.78 is 5.25. The number of benzene rings is 1. The smallest absolute Gasteiger partial charge is 0.220 e. The first kappa shape index (κ1) is 9.83. The van der Waals surface area contributed by atoms with Crippen LogP contribution in [0.3, 0.4) is 0 Å². The second kappa shape index (κ2) is 3.81. The molecule has 1 fully saturated rings. The summed E-state index contributed by atoms with van der Waals surface area (Å²) in [6, 6.07) is 5.55. The Morgan fingerprint density at radius 2 is 2.33 bits per heavy atom. The first-order valence-electron chi connectivity index (χ1n) is 4.91. The number of nitrogens with two attached hydrogens (primary N) is 1. The van der Waals surface area contributed by atoms with Crippen LogP contribution in [0, 0.1) is 0 Å². The molecule has 1 aromatic carbocycles. The van der Waals surface area contributed by atoms with E-state index in [1.165, 1.54) is 0 Å². The molecule has 1 aliphatic heterocycles. The number of carbonyl (C=O) groups is 1. The highest BCUT2D eigenvalue weighted by molar-refractivity contribution is 5.79. The summed E-state index contributed by atoms with van der Waals surface area (Å²) in [5, 5.41) is 2.81. The van der Waals surface area contributed by atoms with Crippen LogP contribution in [0.1, 0.15) is 17.9 Å². The minimum atomic E-state index is 0.0962. The van der Waals surface area contributed by atoms with Crippen molar-refractivity contribution in [2.45, 2.75) is 12.3 Å². The van der Waals surface area contributed by atoms with Crippen molar-refractivity contribution >= 4 is 11.6 Å². The summed E-state index contributed by atoms with van der Waals surface area (Å²) in [4.78, 5) is 11.1. The topological polar surface area (TPSA) is 64.3 Å². The van der Waals surface area contributed by atoms with Gasteiger partial charge in [-0.05, 0) is 11.6 Å². The maximum Gasteiger partial charge on any atom is 0.220 e. The Morgan fingerprint density at radius 1 is 1.53 bits per heavy atom. The Labute approximate surface area is 88.4 Å². The van der Waals surface area contributed by atoms with Gasteiger partial charge in [0, 0.05) is 30.6 Å². The summed E-state index contributed by atoms with van der Waals surface area (Å²) in [6.45, 7) is 0.680. The fraction of sp³-hybridized carbons (Fsp3) is 0.364. The van der Waals surface area contributed by atoms with Crippen molar-refractivity contribution in [1.82, 2.24) is 5.32 Å². The number of hydrogen-bond acceptors (Lipinski definition) is 3. The van der Waals surface area contributed by atoms with E-state index in [0.29, 0.717) is 18.7 Å². The van der Waals surface area contributed by atoms with Gasteiger partial charge in [0.05, 0.1) is 7.11 Å². The molecule has 1 saturated heterocycles. The summed E-state index contributed by atoms with van der Waals surface area (Å²) in [5.41, 5.74) is 7.39. The van der Waals surface area contributed by atoms with Crippen molar-refractivity contribution in [3.8, 4) is 5.75 Å². The zero-order valence-electron chi connectivity index (χ0n) is 8.62. The molecule has 2 rings (SSSR count). The lowest BCUT2D eigenvalue weighted by molar-refractivity contribution is -0.119. The molecule has 0 aliphatic carbocycles. The maximum atomic E-state index is 11.1. The van der Waals surface area contributed by atoms with E-state index in [2.05, 4.69) is 5.32 Å². The van der Waals surface area contributed by atoms with Crippen molar-refractivity contribution in [1.29, 1.82) is 0 Å². The van der Waals surface area contributed by atoms with Crippen molar-refractivity contribution in [3.63, 3.8) is 0 Å². The number of carbonyl (C=O) groups excluding carboxylic acids is 1. The van der Waals surface area contributed by atoms with Gasteiger partial charge >= 0.3 is 0 Å². The SMILES string of the molecule is COc1cc(N)ccc1C1CNC(=O)C1. The fourth-order valence-corrected chi connectivity index (χ4v) is 1.89. The Kier molecular flexibility index (Phi) is 2.49. The molecule has 0 bridgehead atoms. The largest absolute Gasteiger partial charge is 0.496 e. The van der Waals surface area contributed by atoms with Crippen LogP contribution in [0.5, 0.6) is 5.75 Å². The first-order valence-corrected chi connectivity index (χ1v) is 4.91. The molecule has 15 heavy (non-hydrogen) atoms. The quantitative estimate of drug-likeness (QED) is 0.706. The van der Waals surface area contributed by atoms with Crippen molar-refractivity contribution < 1.29 is 9.53 Å². The van der Waals surface area contributed by atoms with Crippen LogP contribution in [0.15, 0.2) is 18.2 Å². The van der Waals surface area contributed by atoms with E-state index in [1.54, 1.807) is 13.2 Å². The molecular formula is C11H14N2O2. The molecule has 0 spiro atoms. The maximum absolute atomic E-state index is 11.1. The minimum Gasteiger partial charge on any atom is -0.496 e. The van der Waals surface area contributed by atoms with Crippen LogP contribution in [0.4, 0.5) is 5.69 Å². The fourth-order valence-electron chi connectivity index (χ4n) is 1.89. The van der Waals surface area contributed by atoms with Crippen molar-refractivity contribution in [2.75, 3.05) is 19.4 Å². The van der Waals surface area contributed by atoms with Gasteiger partial charge in [-0.15, -0.1) is 0 Å². The predicted octanol–water partition coefficient (Wildman–Crippen LogP) is 0.881. The number of nitrogen functional groups attached to an aromatic ring is 1. The lowest BCUT2D eigenvalue weighted by atomic mass is 9.97. The van der Waals surface area contributed by atoms with Crippen LogP contribution in [0.2, 0.25) is 0 Å². The van der Waals surface area contributed by atoms with Gasteiger partial charge in [-0.25, -0.2) is 0 Å². The number of methoxy groups -OCH3 is 1. The van der Waals surface area contributed by atoms with Crippen LogP contribution in [-0.2, 0) is 4.79 Å². The van der Waals surface area contributed by atoms with Gasteiger partial charge in [0.25, 0.3) is 0 Å². The predicted molar refractivity (Wildman–Crippen MR) is 57.8 cm³/mol. The number of hydrogen-bond donors (Lipinski definition) is 2. The Balaban J connectivity index is 2.31. The highest BCUT2D eigenvalue weighted by Gasteiger charge is 2.25. The number of nitrogens with one attached hydrogen (secondary N) is 1. The van der Waals surface area contributed by atoms with E-state index in [9.17, 15) is 4.79 Å². The highest BCUT2D eigenvalue weighted by atomic mass is 16.5. The zero-order chi connectivity index (χ0) is 10.8. The Morgan fingerprint density at radius 3 is 2.93 bits per heavy atom. The average Bonchev–Trinajstić information content (AvgIpc) is 2.64. The molecule has 1 amide bonds. The van der Waals surface area contributed by atoms with Gasteiger partial charge < -0.3 is 15.8 Å². The van der Waals surface area contributed by atoms with Crippen LogP contribution < -0.4 is 15.8 Å². The highest BCUT2D eigenvalue weighted by Crippen LogP contribution is 2.32. The summed E-state index contributed by atoms with van der Waals surface area (Å²) in [7, 11) is 1.61. The van der Waals surface area contributed by atoms with Crippen molar-refractivity contribution in [3.05, 3.63) is 23.8 Å². The lowest BCUT2D eigenvalue weighted by Crippen LogP contribution is -2.13. The number of rotatable bonds is 2. The number of ether oxygens (including phenoxy) is 1. The standard InChI is InChI=1S/C11H14N2O2/c1-15-10-5-8(12)2-3-9(10)7-4-11(14)13-6-7/h2-3,5,7H,4,6,12H2,1H3,(H,13,14). The van der Waals surface area contributed by atoms with Gasteiger partial charge in [0.1, 0.15) is 5.75 Å². The molecule has 4 nitrogen and oxygen atoms in total. The summed E-state index contributed by atoms with van der Waals surface area (Å²) in [5.74, 6) is 1.06. The van der Waals surface area contributed by atoms with E-state index in [0.717, 1.165) is 11.3 Å². The Bertz CT molecular complexity index is 390. The van der Waals surface area contributed by atoms with E-state index < -0.39 is 0 Å². The number of amides is 1. The molecule has 1 aromatic rings. The van der Waals surface area contributed by atoms with Crippen LogP contribution >= 0.6 is 0 Å². The third-order valence-corrected chi connectivity index (χ3v) is 2.67. The van der Waals surface area contributed by atoms with E-state index in [1.807, 2.05) is 12.1 Å². The molecule has 80 valence electrons. The minimum absolute atomic E-state index is 0.0962. The molecule has 4 heteroatoms. The molecule has 1 heterocycles. The zero-order valence-corrected chi connectivity index (χ0v) is 8.62. The van der Waals surface area contributed by atoms with Gasteiger partial charge in [-0.2, -0.15) is 0 Å². The van der Waals surface area contributed by atoms with Gasteiger partial charge in [0.2, 0.25) is 5.91 Å². The molecular weight excluding hydrogens is 192 g/mol. The van der Waals surface area contributed by atoms with E-state index >= 15 is 0 Å². The van der Waals surface area contributed by atoms with Crippen molar-refractivity contribution in [2.24, 2.45) is 0 Å². The van der Waals surface area contributed by atoms with Gasteiger partial charge in [-0.3, -0.25) is 4.79 Å². The van der Waals surface area contributed by atoms with E-state index in [4.69, 9.17) is 10.5 Å². The first-order chi connectivity index (χ1) is 7.20. The summed E-state index contributed by atoms with van der Waals surface area (Å²) in [6.07, 6.45) is 0.528. The van der Waals surface area contributed by atoms with E-state index in [-0.39, 0.29) is 11.8 Å². The normalized spacial score (nSPS) is 20.1. The number of anilines is 1. The molecule has 1 aliphatic rings. The van der Waals surface area contributed by atoms with Crippen LogP contribution in [-0.4, -0.2) is 19.6 Å². The third kappa shape index (κ3) is 1.88. The molecule has 0 radical (unpaired) electrons. The molecule has 0 aromatic heterocycles.